The summed E-state index contributed by atoms with van der Waals surface area (Å²) in [6.07, 6.45) is 4.09. The van der Waals surface area contributed by atoms with Crippen molar-refractivity contribution in [3.8, 4) is 0 Å². The summed E-state index contributed by atoms with van der Waals surface area (Å²) in [5.41, 5.74) is -0.0521. The normalized spacial score (nSPS) is 20.7. The van der Waals surface area contributed by atoms with Crippen LogP contribution in [0.15, 0.2) is 12.7 Å². The van der Waals surface area contributed by atoms with Gasteiger partial charge in [-0.1, -0.05) is 13.5 Å². The zero-order chi connectivity index (χ0) is 9.73. The predicted octanol–water partition coefficient (Wildman–Crippen LogP) is 1.25. The molecule has 0 aromatic rings. The molecule has 3 heteroatoms. The average molecular weight is 183 g/mol. The van der Waals surface area contributed by atoms with E-state index in [4.69, 9.17) is 4.74 Å². The minimum atomic E-state index is -0.0799. The van der Waals surface area contributed by atoms with E-state index in [-0.39, 0.29) is 11.4 Å². The van der Waals surface area contributed by atoms with Crippen molar-refractivity contribution < 1.29 is 9.53 Å². The van der Waals surface area contributed by atoms with Crippen molar-refractivity contribution in [2.75, 3.05) is 13.2 Å². The van der Waals surface area contributed by atoms with Crippen LogP contribution >= 0.6 is 0 Å². The van der Waals surface area contributed by atoms with E-state index in [1.165, 1.54) is 6.08 Å². The van der Waals surface area contributed by atoms with Gasteiger partial charge in [0.05, 0.1) is 0 Å². The molecule has 1 N–H and O–H groups in total. The molecule has 0 aromatic heterocycles. The number of carbonyl (C=O) groups is 1. The summed E-state index contributed by atoms with van der Waals surface area (Å²) in [6.45, 7) is 7.02. The SMILES string of the molecule is C=CC(=O)NC1(CC)CCOCC1. The first-order chi connectivity index (χ1) is 6.22. The topological polar surface area (TPSA) is 38.3 Å². The molecule has 3 nitrogen and oxygen atoms in total. The van der Waals surface area contributed by atoms with Gasteiger partial charge in [0.1, 0.15) is 0 Å². The maximum atomic E-state index is 11.2. The summed E-state index contributed by atoms with van der Waals surface area (Å²) in [5.74, 6) is -0.0799. The zero-order valence-corrected chi connectivity index (χ0v) is 8.14. The van der Waals surface area contributed by atoms with E-state index in [2.05, 4.69) is 18.8 Å². The van der Waals surface area contributed by atoms with Crippen LogP contribution in [0.5, 0.6) is 0 Å². The van der Waals surface area contributed by atoms with E-state index in [1.54, 1.807) is 0 Å². The summed E-state index contributed by atoms with van der Waals surface area (Å²) in [4.78, 5) is 11.2. The molecule has 1 saturated heterocycles. The molecule has 1 rings (SSSR count). The van der Waals surface area contributed by atoms with Gasteiger partial charge in [-0.3, -0.25) is 4.79 Å². The van der Waals surface area contributed by atoms with Crippen molar-refractivity contribution in [2.24, 2.45) is 0 Å². The second kappa shape index (κ2) is 4.42. The minimum absolute atomic E-state index is 0.0521. The van der Waals surface area contributed by atoms with Gasteiger partial charge in [-0.15, -0.1) is 0 Å². The van der Waals surface area contributed by atoms with Gasteiger partial charge in [0.2, 0.25) is 5.91 Å². The molecule has 1 fully saturated rings. The minimum Gasteiger partial charge on any atom is -0.381 e. The fourth-order valence-electron chi connectivity index (χ4n) is 1.64. The maximum absolute atomic E-state index is 11.2. The number of hydrogen-bond donors (Lipinski definition) is 1. The Labute approximate surface area is 79.2 Å². The number of carbonyl (C=O) groups excluding carboxylic acids is 1. The van der Waals surface area contributed by atoms with E-state index in [1.807, 2.05) is 0 Å². The summed E-state index contributed by atoms with van der Waals surface area (Å²) < 4.78 is 5.26. The Balaban J connectivity index is 2.56. The first-order valence-electron chi connectivity index (χ1n) is 4.75. The Bertz CT molecular complexity index is 195. The number of hydrogen-bond acceptors (Lipinski definition) is 2. The molecule has 13 heavy (non-hydrogen) atoms. The lowest BCUT2D eigenvalue weighted by Gasteiger charge is -2.36. The van der Waals surface area contributed by atoms with Crippen LogP contribution in [-0.2, 0) is 9.53 Å². The highest BCUT2D eigenvalue weighted by Gasteiger charge is 2.31. The Hall–Kier alpha value is -0.830. The summed E-state index contributed by atoms with van der Waals surface area (Å²) in [5, 5.41) is 2.99. The molecule has 0 aliphatic carbocycles. The predicted molar refractivity (Wildman–Crippen MR) is 51.4 cm³/mol. The lowest BCUT2D eigenvalue weighted by atomic mass is 9.87. The van der Waals surface area contributed by atoms with Crippen molar-refractivity contribution in [3.63, 3.8) is 0 Å². The summed E-state index contributed by atoms with van der Waals surface area (Å²) >= 11 is 0. The monoisotopic (exact) mass is 183 g/mol. The highest BCUT2D eigenvalue weighted by molar-refractivity contribution is 5.87. The van der Waals surface area contributed by atoms with Gasteiger partial charge < -0.3 is 10.1 Å². The second-order valence-electron chi connectivity index (χ2n) is 3.44. The molecule has 0 atom stereocenters. The van der Waals surface area contributed by atoms with Crippen LogP contribution in [-0.4, -0.2) is 24.7 Å². The standard InChI is InChI=1S/C10H17NO2/c1-3-9(12)11-10(4-2)5-7-13-8-6-10/h3H,1,4-8H2,2H3,(H,11,12). The Kier molecular flexibility index (Phi) is 3.48. The third kappa shape index (κ3) is 2.56. The maximum Gasteiger partial charge on any atom is 0.243 e. The summed E-state index contributed by atoms with van der Waals surface area (Å²) in [7, 11) is 0. The Morgan fingerprint density at radius 2 is 2.23 bits per heavy atom. The van der Waals surface area contributed by atoms with Gasteiger partial charge in [-0.05, 0) is 25.3 Å². The third-order valence-corrected chi connectivity index (χ3v) is 2.70. The number of nitrogens with one attached hydrogen (secondary N) is 1. The Morgan fingerprint density at radius 1 is 1.62 bits per heavy atom. The van der Waals surface area contributed by atoms with Crippen LogP contribution < -0.4 is 5.32 Å². The highest BCUT2D eigenvalue weighted by atomic mass is 16.5. The molecule has 0 saturated carbocycles. The molecule has 1 heterocycles. The van der Waals surface area contributed by atoms with Crippen LogP contribution in [0.25, 0.3) is 0 Å². The summed E-state index contributed by atoms with van der Waals surface area (Å²) in [6, 6.07) is 0. The molecular weight excluding hydrogens is 166 g/mol. The molecular formula is C10H17NO2. The van der Waals surface area contributed by atoms with Crippen molar-refractivity contribution >= 4 is 5.91 Å². The molecule has 0 aromatic carbocycles. The van der Waals surface area contributed by atoms with Crippen molar-refractivity contribution in [2.45, 2.75) is 31.7 Å². The van der Waals surface area contributed by atoms with Crippen LogP contribution in [0, 0.1) is 0 Å². The van der Waals surface area contributed by atoms with E-state index in [9.17, 15) is 4.79 Å². The first kappa shape index (κ1) is 10.3. The number of ether oxygens (including phenoxy) is 1. The molecule has 0 spiro atoms. The molecule has 1 aliphatic rings. The fraction of sp³-hybridized carbons (Fsp3) is 0.700. The van der Waals surface area contributed by atoms with E-state index in [0.29, 0.717) is 0 Å². The van der Waals surface area contributed by atoms with E-state index in [0.717, 1.165) is 32.5 Å². The Morgan fingerprint density at radius 3 is 2.69 bits per heavy atom. The molecule has 1 aliphatic heterocycles. The van der Waals surface area contributed by atoms with Gasteiger partial charge in [-0.2, -0.15) is 0 Å². The molecule has 0 radical (unpaired) electrons. The van der Waals surface area contributed by atoms with E-state index >= 15 is 0 Å². The molecule has 0 unspecified atom stereocenters. The van der Waals surface area contributed by atoms with Crippen LogP contribution in [0.3, 0.4) is 0 Å². The smallest absolute Gasteiger partial charge is 0.243 e. The van der Waals surface area contributed by atoms with Crippen molar-refractivity contribution in [3.05, 3.63) is 12.7 Å². The van der Waals surface area contributed by atoms with Gasteiger partial charge in [0, 0.05) is 18.8 Å². The lowest BCUT2D eigenvalue weighted by Crippen LogP contribution is -2.51. The highest BCUT2D eigenvalue weighted by Crippen LogP contribution is 2.23. The fourth-order valence-corrected chi connectivity index (χ4v) is 1.64. The average Bonchev–Trinajstić information content (AvgIpc) is 2.19. The largest absolute Gasteiger partial charge is 0.381 e. The van der Waals surface area contributed by atoms with Crippen LogP contribution in [0.1, 0.15) is 26.2 Å². The zero-order valence-electron chi connectivity index (χ0n) is 8.14. The molecule has 1 amide bonds. The van der Waals surface area contributed by atoms with E-state index < -0.39 is 0 Å². The number of amides is 1. The van der Waals surface area contributed by atoms with Gasteiger partial charge in [-0.25, -0.2) is 0 Å². The molecule has 0 bridgehead atoms. The number of rotatable bonds is 3. The molecule has 74 valence electrons. The van der Waals surface area contributed by atoms with Crippen molar-refractivity contribution in [1.29, 1.82) is 0 Å². The van der Waals surface area contributed by atoms with Crippen molar-refractivity contribution in [1.82, 2.24) is 5.32 Å². The van der Waals surface area contributed by atoms with Crippen LogP contribution in [0.4, 0.5) is 0 Å². The van der Waals surface area contributed by atoms with Crippen LogP contribution in [0.2, 0.25) is 0 Å². The first-order valence-corrected chi connectivity index (χ1v) is 4.75. The van der Waals surface area contributed by atoms with Gasteiger partial charge >= 0.3 is 0 Å². The van der Waals surface area contributed by atoms with Gasteiger partial charge in [0.15, 0.2) is 0 Å². The van der Waals surface area contributed by atoms with Gasteiger partial charge in [0.25, 0.3) is 0 Å². The second-order valence-corrected chi connectivity index (χ2v) is 3.44. The lowest BCUT2D eigenvalue weighted by molar-refractivity contribution is -0.119. The quantitative estimate of drug-likeness (QED) is 0.669. The third-order valence-electron chi connectivity index (χ3n) is 2.70.